The lowest BCUT2D eigenvalue weighted by atomic mass is 10.3. The van der Waals surface area contributed by atoms with Gasteiger partial charge in [-0.15, -0.1) is 0 Å². The first-order valence-electron chi connectivity index (χ1n) is 9.60. The van der Waals surface area contributed by atoms with Crippen molar-refractivity contribution in [3.05, 3.63) is 105 Å². The van der Waals surface area contributed by atoms with E-state index in [1.807, 2.05) is 12.1 Å². The fourth-order valence-electron chi connectivity index (χ4n) is 2.70. The highest BCUT2D eigenvalue weighted by Crippen LogP contribution is 2.47. The SMILES string of the molecule is O=[N+]([O-])c1cccnc1Oc1ccccc1SSc1ccccc1Oc1ncccc1[N+](=O)[O-]. The first kappa shape index (κ1) is 23.0. The Labute approximate surface area is 200 Å². The Morgan fingerprint density at radius 1 is 0.618 bits per heavy atom. The van der Waals surface area contributed by atoms with Gasteiger partial charge in [-0.25, -0.2) is 9.97 Å². The molecular formula is C22H14N4O6S2. The van der Waals surface area contributed by atoms with Crippen LogP contribution in [0.15, 0.2) is 95.0 Å². The van der Waals surface area contributed by atoms with Crippen LogP contribution in [0.25, 0.3) is 0 Å². The zero-order valence-corrected chi connectivity index (χ0v) is 18.8. The van der Waals surface area contributed by atoms with Crippen molar-refractivity contribution < 1.29 is 19.3 Å². The number of rotatable bonds is 9. The molecule has 0 atom stereocenters. The van der Waals surface area contributed by atoms with E-state index >= 15 is 0 Å². The lowest BCUT2D eigenvalue weighted by Crippen LogP contribution is -1.96. The maximum Gasteiger partial charge on any atom is 0.331 e. The lowest BCUT2D eigenvalue weighted by Gasteiger charge is -2.12. The molecule has 0 aliphatic carbocycles. The van der Waals surface area contributed by atoms with Gasteiger partial charge in [-0.05, 0) is 58.0 Å². The molecule has 0 fully saturated rings. The Morgan fingerprint density at radius 3 is 1.44 bits per heavy atom. The number of aromatic nitrogens is 2. The number of nitrogens with zero attached hydrogens (tertiary/aromatic N) is 4. The summed E-state index contributed by atoms with van der Waals surface area (Å²) in [6.07, 6.45) is 2.83. The van der Waals surface area contributed by atoms with Crippen LogP contribution < -0.4 is 9.47 Å². The molecule has 0 aliphatic heterocycles. The van der Waals surface area contributed by atoms with Crippen molar-refractivity contribution >= 4 is 33.0 Å². The number of benzene rings is 2. The van der Waals surface area contributed by atoms with Crippen LogP contribution in [0.5, 0.6) is 23.3 Å². The summed E-state index contributed by atoms with van der Waals surface area (Å²) >= 11 is 0. The van der Waals surface area contributed by atoms with Gasteiger partial charge in [-0.1, -0.05) is 24.3 Å². The van der Waals surface area contributed by atoms with Crippen molar-refractivity contribution in [3.63, 3.8) is 0 Å². The highest BCUT2D eigenvalue weighted by atomic mass is 33.1. The van der Waals surface area contributed by atoms with Crippen LogP contribution >= 0.6 is 21.6 Å². The van der Waals surface area contributed by atoms with E-state index in [-0.39, 0.29) is 23.1 Å². The van der Waals surface area contributed by atoms with Crippen molar-refractivity contribution in [1.82, 2.24) is 9.97 Å². The molecule has 0 amide bonds. The molecular weight excluding hydrogens is 480 g/mol. The number of ether oxygens (including phenoxy) is 2. The van der Waals surface area contributed by atoms with Crippen molar-refractivity contribution in [2.45, 2.75) is 9.79 Å². The maximum absolute atomic E-state index is 11.3. The minimum absolute atomic E-state index is 0.114. The summed E-state index contributed by atoms with van der Waals surface area (Å²) in [4.78, 5) is 30.8. The van der Waals surface area contributed by atoms with E-state index in [1.165, 1.54) is 58.2 Å². The molecule has 0 spiro atoms. The zero-order valence-electron chi connectivity index (χ0n) is 17.1. The summed E-state index contributed by atoms with van der Waals surface area (Å²) < 4.78 is 11.5. The van der Waals surface area contributed by atoms with Gasteiger partial charge < -0.3 is 9.47 Å². The van der Waals surface area contributed by atoms with Crippen LogP contribution in [0.3, 0.4) is 0 Å². The van der Waals surface area contributed by atoms with Crippen LogP contribution in [0.1, 0.15) is 0 Å². The van der Waals surface area contributed by atoms with Gasteiger partial charge in [0.25, 0.3) is 11.8 Å². The van der Waals surface area contributed by atoms with Gasteiger partial charge in [-0.2, -0.15) is 0 Å². The quantitative estimate of drug-likeness (QED) is 0.141. The van der Waals surface area contributed by atoms with Gasteiger partial charge in [0.15, 0.2) is 0 Å². The molecule has 34 heavy (non-hydrogen) atoms. The largest absolute Gasteiger partial charge is 0.432 e. The van der Waals surface area contributed by atoms with Gasteiger partial charge in [0.1, 0.15) is 11.5 Å². The molecule has 0 bridgehead atoms. The molecule has 2 aromatic carbocycles. The van der Waals surface area contributed by atoms with Crippen molar-refractivity contribution in [2.75, 3.05) is 0 Å². The Balaban J connectivity index is 1.55. The van der Waals surface area contributed by atoms with E-state index in [0.29, 0.717) is 21.3 Å². The normalized spacial score (nSPS) is 10.5. The highest BCUT2D eigenvalue weighted by Gasteiger charge is 2.20. The van der Waals surface area contributed by atoms with Gasteiger partial charge in [0, 0.05) is 24.5 Å². The van der Waals surface area contributed by atoms with E-state index in [2.05, 4.69) is 9.97 Å². The third kappa shape index (κ3) is 5.42. The molecule has 0 saturated carbocycles. The molecule has 10 nitrogen and oxygen atoms in total. The van der Waals surface area contributed by atoms with Crippen molar-refractivity contribution in [2.24, 2.45) is 0 Å². The van der Waals surface area contributed by atoms with E-state index in [4.69, 9.17) is 9.47 Å². The summed E-state index contributed by atoms with van der Waals surface area (Å²) in [5.41, 5.74) is -0.490. The van der Waals surface area contributed by atoms with Crippen molar-refractivity contribution in [3.8, 4) is 23.3 Å². The standard InChI is InChI=1S/C22H14N4O6S2/c27-25(28)15-7-5-13-23-21(15)31-17-9-1-3-11-19(17)33-34-20-12-4-2-10-18(20)32-22-16(26(29)30)8-6-14-24-22/h1-14H. The minimum atomic E-state index is -0.558. The monoisotopic (exact) mass is 494 g/mol. The molecule has 0 unspecified atom stereocenters. The summed E-state index contributed by atoms with van der Waals surface area (Å²) in [7, 11) is 2.66. The van der Waals surface area contributed by atoms with Gasteiger partial charge in [0.05, 0.1) is 19.6 Å². The zero-order chi connectivity index (χ0) is 23.9. The Bertz CT molecular complexity index is 1250. The number of pyridine rings is 2. The average molecular weight is 495 g/mol. The smallest absolute Gasteiger partial charge is 0.331 e. The molecule has 2 heterocycles. The maximum atomic E-state index is 11.3. The minimum Gasteiger partial charge on any atom is -0.432 e. The lowest BCUT2D eigenvalue weighted by molar-refractivity contribution is -0.386. The molecule has 2 aromatic heterocycles. The highest BCUT2D eigenvalue weighted by molar-refractivity contribution is 8.76. The molecule has 4 aromatic rings. The Morgan fingerprint density at radius 2 is 1.03 bits per heavy atom. The summed E-state index contributed by atoms with van der Waals surface area (Å²) in [6.45, 7) is 0. The van der Waals surface area contributed by atoms with Gasteiger partial charge in [-0.3, -0.25) is 20.2 Å². The van der Waals surface area contributed by atoms with E-state index < -0.39 is 9.85 Å². The number of hydrogen-bond acceptors (Lipinski definition) is 10. The number of para-hydroxylation sites is 2. The second-order valence-electron chi connectivity index (χ2n) is 6.43. The summed E-state index contributed by atoms with van der Waals surface area (Å²) in [6, 6.07) is 19.6. The van der Waals surface area contributed by atoms with Crippen LogP contribution in [0, 0.1) is 20.2 Å². The Kier molecular flexibility index (Phi) is 7.20. The fourth-order valence-corrected chi connectivity index (χ4v) is 4.90. The first-order valence-corrected chi connectivity index (χ1v) is 11.7. The number of hydrogen-bond donors (Lipinski definition) is 0. The van der Waals surface area contributed by atoms with E-state index in [1.54, 1.807) is 36.4 Å². The Hall–Kier alpha value is -4.16. The summed E-state index contributed by atoms with van der Waals surface area (Å²) in [5.74, 6) is 0.551. The first-order chi connectivity index (χ1) is 16.5. The topological polar surface area (TPSA) is 131 Å². The van der Waals surface area contributed by atoms with Crippen molar-refractivity contribution in [1.29, 1.82) is 0 Å². The van der Waals surface area contributed by atoms with E-state index in [9.17, 15) is 20.2 Å². The second kappa shape index (κ2) is 10.6. The number of nitro groups is 2. The second-order valence-corrected chi connectivity index (χ2v) is 8.65. The fraction of sp³-hybridized carbons (Fsp3) is 0. The van der Waals surface area contributed by atoms with Gasteiger partial charge in [0.2, 0.25) is 0 Å². The van der Waals surface area contributed by atoms with Crippen LogP contribution in [0.4, 0.5) is 11.4 Å². The molecule has 4 rings (SSSR count). The molecule has 170 valence electrons. The van der Waals surface area contributed by atoms with Gasteiger partial charge >= 0.3 is 11.4 Å². The third-order valence-electron chi connectivity index (χ3n) is 4.23. The van der Waals surface area contributed by atoms with Crippen LogP contribution in [0.2, 0.25) is 0 Å². The molecule has 0 aliphatic rings. The third-order valence-corrected chi connectivity index (χ3v) is 6.67. The molecule has 0 N–H and O–H groups in total. The van der Waals surface area contributed by atoms with Crippen LogP contribution in [-0.4, -0.2) is 19.8 Å². The summed E-state index contributed by atoms with van der Waals surface area (Å²) in [5, 5.41) is 22.6. The van der Waals surface area contributed by atoms with Crippen LogP contribution in [-0.2, 0) is 0 Å². The molecule has 0 saturated heterocycles. The molecule has 0 radical (unpaired) electrons. The predicted molar refractivity (Wildman–Crippen MR) is 127 cm³/mol. The van der Waals surface area contributed by atoms with E-state index in [0.717, 1.165) is 0 Å². The molecule has 12 heteroatoms. The average Bonchev–Trinajstić information content (AvgIpc) is 2.85. The predicted octanol–water partition coefficient (Wildman–Crippen LogP) is 6.68.